The molecule has 1 aromatic carbocycles. The number of thioether (sulfide) groups is 1. The maximum atomic E-state index is 12.3. The van der Waals surface area contributed by atoms with Gasteiger partial charge in [-0.15, -0.1) is 0 Å². The minimum atomic E-state index is 0.0240. The number of benzene rings is 1. The number of aromatic nitrogens is 2. The minimum Gasteiger partial charge on any atom is -0.360 e. The summed E-state index contributed by atoms with van der Waals surface area (Å²) in [4.78, 5) is 23.9. The predicted octanol–water partition coefficient (Wildman–Crippen LogP) is 4.63. The zero-order chi connectivity index (χ0) is 20.1. The molecule has 0 spiro atoms. The van der Waals surface area contributed by atoms with Crippen LogP contribution >= 0.6 is 11.8 Å². The molecular weight excluding hydrogens is 368 g/mol. The fourth-order valence-corrected chi connectivity index (χ4v) is 3.69. The van der Waals surface area contributed by atoms with Gasteiger partial charge in [-0.05, 0) is 42.9 Å². The number of carbonyl (C=O) groups excluding carboxylic acids is 1. The van der Waals surface area contributed by atoms with Gasteiger partial charge in [0.2, 0.25) is 0 Å². The zero-order valence-corrected chi connectivity index (χ0v) is 18.1. The molecule has 0 radical (unpaired) electrons. The van der Waals surface area contributed by atoms with E-state index in [1.807, 2.05) is 18.2 Å². The van der Waals surface area contributed by atoms with E-state index in [0.29, 0.717) is 12.0 Å². The van der Waals surface area contributed by atoms with Gasteiger partial charge in [0, 0.05) is 42.7 Å². The average molecular weight is 399 g/mol. The van der Waals surface area contributed by atoms with E-state index in [1.54, 1.807) is 11.8 Å². The monoisotopic (exact) mass is 398 g/mol. The number of anilines is 1. The normalized spacial score (nSPS) is 13.6. The van der Waals surface area contributed by atoms with E-state index in [2.05, 4.69) is 50.2 Å². The Morgan fingerprint density at radius 1 is 1.29 bits per heavy atom. The molecule has 1 fully saturated rings. The van der Waals surface area contributed by atoms with Crippen LogP contribution in [0.15, 0.2) is 35.5 Å². The standard InChI is InChI=1S/C22H30N4OS/c1-5-11-26(4)20-13-19(15(2)3)24-22(25-20)28-14-16-7-6-8-17(12-16)21(27)23-18-9-10-18/h6-8,12-13,15,18H,5,9-11,14H2,1-4H3,(H,23,27). The first-order chi connectivity index (χ1) is 13.5. The summed E-state index contributed by atoms with van der Waals surface area (Å²) >= 11 is 1.62. The smallest absolute Gasteiger partial charge is 0.251 e. The van der Waals surface area contributed by atoms with Crippen LogP contribution in [0, 0.1) is 0 Å². The summed E-state index contributed by atoms with van der Waals surface area (Å²) in [6.07, 6.45) is 3.27. The summed E-state index contributed by atoms with van der Waals surface area (Å²) < 4.78 is 0. The topological polar surface area (TPSA) is 58.1 Å². The van der Waals surface area contributed by atoms with Gasteiger partial charge in [0.25, 0.3) is 5.91 Å². The van der Waals surface area contributed by atoms with Crippen molar-refractivity contribution in [2.24, 2.45) is 0 Å². The SMILES string of the molecule is CCCN(C)c1cc(C(C)C)nc(SCc2cccc(C(=O)NC3CC3)c2)n1. The Morgan fingerprint density at radius 3 is 2.75 bits per heavy atom. The molecule has 0 unspecified atom stereocenters. The van der Waals surface area contributed by atoms with Gasteiger partial charge in [-0.1, -0.05) is 44.7 Å². The van der Waals surface area contributed by atoms with Gasteiger partial charge < -0.3 is 10.2 Å². The van der Waals surface area contributed by atoms with Crippen molar-refractivity contribution >= 4 is 23.5 Å². The molecule has 3 rings (SSSR count). The van der Waals surface area contributed by atoms with Gasteiger partial charge in [0.15, 0.2) is 5.16 Å². The molecule has 0 saturated heterocycles. The quantitative estimate of drug-likeness (QED) is 0.493. The molecule has 2 aromatic rings. The molecule has 6 heteroatoms. The van der Waals surface area contributed by atoms with Gasteiger partial charge in [-0.25, -0.2) is 9.97 Å². The maximum absolute atomic E-state index is 12.3. The van der Waals surface area contributed by atoms with Crippen molar-refractivity contribution < 1.29 is 4.79 Å². The number of rotatable bonds is 9. The Labute approximate surface area is 172 Å². The summed E-state index contributed by atoms with van der Waals surface area (Å²) in [7, 11) is 2.08. The first kappa shape index (κ1) is 20.6. The third-order valence-corrected chi connectivity index (χ3v) is 5.64. The number of nitrogens with one attached hydrogen (secondary N) is 1. The van der Waals surface area contributed by atoms with Crippen LogP contribution in [0.4, 0.5) is 5.82 Å². The van der Waals surface area contributed by atoms with Crippen molar-refractivity contribution in [3.63, 3.8) is 0 Å². The highest BCUT2D eigenvalue weighted by Crippen LogP contribution is 2.26. The Kier molecular flexibility index (Phi) is 6.94. The number of carbonyl (C=O) groups is 1. The van der Waals surface area contributed by atoms with Crippen LogP contribution in [0.5, 0.6) is 0 Å². The molecule has 1 aliphatic carbocycles. The number of hydrogen-bond donors (Lipinski definition) is 1. The summed E-state index contributed by atoms with van der Waals surface area (Å²) in [6.45, 7) is 7.45. The summed E-state index contributed by atoms with van der Waals surface area (Å²) in [6, 6.07) is 10.3. The van der Waals surface area contributed by atoms with Crippen LogP contribution < -0.4 is 10.2 Å². The van der Waals surface area contributed by atoms with E-state index in [4.69, 9.17) is 9.97 Å². The Morgan fingerprint density at radius 2 is 2.07 bits per heavy atom. The summed E-state index contributed by atoms with van der Waals surface area (Å²) in [5.41, 5.74) is 2.90. The lowest BCUT2D eigenvalue weighted by Crippen LogP contribution is -2.25. The highest BCUT2D eigenvalue weighted by molar-refractivity contribution is 7.98. The molecule has 1 N–H and O–H groups in total. The summed E-state index contributed by atoms with van der Waals surface area (Å²) in [5.74, 6) is 2.09. The van der Waals surface area contributed by atoms with E-state index in [1.165, 1.54) is 0 Å². The Hall–Kier alpha value is -2.08. The van der Waals surface area contributed by atoms with Crippen molar-refractivity contribution in [3.05, 3.63) is 47.2 Å². The summed E-state index contributed by atoms with van der Waals surface area (Å²) in [5, 5.41) is 3.84. The van der Waals surface area contributed by atoms with Gasteiger partial charge in [0.05, 0.1) is 0 Å². The predicted molar refractivity (Wildman–Crippen MR) is 116 cm³/mol. The number of hydrogen-bond acceptors (Lipinski definition) is 5. The second-order valence-corrected chi connectivity index (χ2v) is 8.69. The molecule has 1 aromatic heterocycles. The lowest BCUT2D eigenvalue weighted by atomic mass is 10.1. The van der Waals surface area contributed by atoms with Crippen LogP contribution in [0.2, 0.25) is 0 Å². The maximum Gasteiger partial charge on any atom is 0.251 e. The van der Waals surface area contributed by atoms with E-state index in [-0.39, 0.29) is 5.91 Å². The van der Waals surface area contributed by atoms with E-state index in [0.717, 1.165) is 59.4 Å². The number of nitrogens with zero attached hydrogens (tertiary/aromatic N) is 3. The van der Waals surface area contributed by atoms with Crippen molar-refractivity contribution in [1.82, 2.24) is 15.3 Å². The average Bonchev–Trinajstić information content (AvgIpc) is 3.50. The largest absolute Gasteiger partial charge is 0.360 e. The van der Waals surface area contributed by atoms with Crippen LogP contribution in [0.25, 0.3) is 0 Å². The zero-order valence-electron chi connectivity index (χ0n) is 17.2. The molecule has 1 aliphatic rings. The first-order valence-corrected chi connectivity index (χ1v) is 11.1. The highest BCUT2D eigenvalue weighted by atomic mass is 32.2. The molecule has 1 amide bonds. The van der Waals surface area contributed by atoms with Crippen LogP contribution in [0.1, 0.15) is 67.6 Å². The fraction of sp³-hybridized carbons (Fsp3) is 0.500. The van der Waals surface area contributed by atoms with Crippen LogP contribution in [-0.2, 0) is 5.75 Å². The molecular formula is C22H30N4OS. The molecule has 0 atom stereocenters. The molecule has 28 heavy (non-hydrogen) atoms. The van der Waals surface area contributed by atoms with Crippen molar-refractivity contribution in [2.75, 3.05) is 18.5 Å². The van der Waals surface area contributed by atoms with E-state index < -0.39 is 0 Å². The van der Waals surface area contributed by atoms with E-state index >= 15 is 0 Å². The molecule has 150 valence electrons. The van der Waals surface area contributed by atoms with Gasteiger partial charge >= 0.3 is 0 Å². The second kappa shape index (κ2) is 9.41. The van der Waals surface area contributed by atoms with Crippen molar-refractivity contribution in [2.45, 2.75) is 62.9 Å². The first-order valence-electron chi connectivity index (χ1n) is 10.1. The van der Waals surface area contributed by atoms with Gasteiger partial charge in [-0.2, -0.15) is 0 Å². The van der Waals surface area contributed by atoms with Crippen molar-refractivity contribution in [1.29, 1.82) is 0 Å². The molecule has 5 nitrogen and oxygen atoms in total. The minimum absolute atomic E-state index is 0.0240. The molecule has 1 saturated carbocycles. The lowest BCUT2D eigenvalue weighted by Gasteiger charge is -2.19. The lowest BCUT2D eigenvalue weighted by molar-refractivity contribution is 0.0951. The van der Waals surface area contributed by atoms with Crippen LogP contribution in [-0.4, -0.2) is 35.5 Å². The van der Waals surface area contributed by atoms with Crippen molar-refractivity contribution in [3.8, 4) is 0 Å². The Balaban J connectivity index is 1.71. The highest BCUT2D eigenvalue weighted by Gasteiger charge is 2.23. The van der Waals surface area contributed by atoms with Crippen LogP contribution in [0.3, 0.4) is 0 Å². The van der Waals surface area contributed by atoms with Gasteiger partial charge in [0.1, 0.15) is 5.82 Å². The molecule has 0 bridgehead atoms. The van der Waals surface area contributed by atoms with Gasteiger partial charge in [-0.3, -0.25) is 4.79 Å². The van der Waals surface area contributed by atoms with E-state index in [9.17, 15) is 4.79 Å². The third-order valence-electron chi connectivity index (χ3n) is 4.72. The molecule has 1 heterocycles. The Bertz CT molecular complexity index is 820. The second-order valence-electron chi connectivity index (χ2n) is 7.75. The molecule has 0 aliphatic heterocycles. The third kappa shape index (κ3) is 5.71. The number of amides is 1. The fourth-order valence-electron chi connectivity index (χ4n) is 2.88.